The van der Waals surface area contributed by atoms with Crippen molar-refractivity contribution in [3.8, 4) is 0 Å². The molecule has 0 bridgehead atoms. The molecule has 2 rings (SSSR count). The van der Waals surface area contributed by atoms with Gasteiger partial charge in [-0.15, -0.1) is 0 Å². The lowest BCUT2D eigenvalue weighted by Crippen LogP contribution is -2.59. The third-order valence-corrected chi connectivity index (χ3v) is 9.08. The van der Waals surface area contributed by atoms with Gasteiger partial charge in [-0.1, -0.05) is 60.7 Å². The fourth-order valence-electron chi connectivity index (χ4n) is 3.97. The molecule has 0 aliphatic heterocycles. The maximum absolute atomic E-state index is 13.7. The Kier molecular flexibility index (Phi) is 9.39. The first-order valence-electron chi connectivity index (χ1n) is 11.5. The standard InChI is InChI=1S/C26H34N2O7S/c1-5-15-35-24(32)26(36(33,34)25(2,3)4)14-10-9-13-19(26)17-20(27)22(29)28-21(23(30)31)16-18-11-7-6-8-12-18/h5-15,19-21H,16-17,27H2,1-4H3,(H,28,29)(H,30,31)/t19?,20-,21-,26?/m0/s1. The van der Waals surface area contributed by atoms with Crippen molar-refractivity contribution < 1.29 is 32.6 Å². The van der Waals surface area contributed by atoms with E-state index in [1.165, 1.54) is 45.1 Å². The molecule has 4 atom stereocenters. The van der Waals surface area contributed by atoms with Crippen LogP contribution in [0.5, 0.6) is 0 Å². The van der Waals surface area contributed by atoms with E-state index in [9.17, 15) is 27.9 Å². The van der Waals surface area contributed by atoms with Gasteiger partial charge < -0.3 is 20.9 Å². The number of rotatable bonds is 10. The van der Waals surface area contributed by atoms with Crippen LogP contribution in [0.2, 0.25) is 0 Å². The van der Waals surface area contributed by atoms with Crippen molar-refractivity contribution in [2.24, 2.45) is 11.7 Å². The molecule has 0 aromatic heterocycles. The summed E-state index contributed by atoms with van der Waals surface area (Å²) in [7, 11) is -4.22. The SMILES string of the molecule is CC=COC(=O)C1(S(=O)(=O)C(C)(C)C)C=CC=CC1C[C@H](N)C(=O)N[C@@H](Cc1ccccc1)C(=O)O. The van der Waals surface area contributed by atoms with Crippen LogP contribution in [0.4, 0.5) is 0 Å². The number of carboxylic acid groups (broad SMARTS) is 1. The number of amides is 1. The number of carboxylic acids is 1. The summed E-state index contributed by atoms with van der Waals surface area (Å²) in [6.07, 6.45) is 8.13. The van der Waals surface area contributed by atoms with Crippen LogP contribution in [0.1, 0.15) is 39.7 Å². The Balaban J connectivity index is 2.35. The number of esters is 1. The lowest BCUT2D eigenvalue weighted by Gasteiger charge is -2.40. The first-order valence-corrected chi connectivity index (χ1v) is 13.0. The highest BCUT2D eigenvalue weighted by molar-refractivity contribution is 7.95. The number of nitrogens with two attached hydrogens (primary N) is 1. The second kappa shape index (κ2) is 11.7. The monoisotopic (exact) mass is 518 g/mol. The maximum Gasteiger partial charge on any atom is 0.336 e. The molecule has 2 unspecified atom stereocenters. The van der Waals surface area contributed by atoms with Gasteiger partial charge in [-0.2, -0.15) is 0 Å². The summed E-state index contributed by atoms with van der Waals surface area (Å²) in [5.74, 6) is -4.06. The van der Waals surface area contributed by atoms with E-state index in [0.29, 0.717) is 5.56 Å². The lowest BCUT2D eigenvalue weighted by atomic mass is 9.82. The number of sulfone groups is 1. The number of aliphatic carboxylic acids is 1. The summed E-state index contributed by atoms with van der Waals surface area (Å²) in [5, 5.41) is 12.0. The van der Waals surface area contributed by atoms with E-state index in [1.807, 2.05) is 0 Å². The van der Waals surface area contributed by atoms with Gasteiger partial charge in [-0.3, -0.25) is 4.79 Å². The largest absolute Gasteiger partial charge is 0.480 e. The average Bonchev–Trinajstić information content (AvgIpc) is 2.82. The Morgan fingerprint density at radius 2 is 1.83 bits per heavy atom. The van der Waals surface area contributed by atoms with Gasteiger partial charge in [0.2, 0.25) is 5.91 Å². The van der Waals surface area contributed by atoms with E-state index in [1.54, 1.807) is 43.3 Å². The fraction of sp³-hybridized carbons (Fsp3) is 0.423. The number of nitrogens with one attached hydrogen (secondary N) is 1. The van der Waals surface area contributed by atoms with E-state index in [-0.39, 0.29) is 12.8 Å². The molecule has 0 fully saturated rings. The Labute approximate surface area is 212 Å². The molecule has 1 aromatic rings. The van der Waals surface area contributed by atoms with Crippen LogP contribution in [0, 0.1) is 5.92 Å². The van der Waals surface area contributed by atoms with Crippen molar-refractivity contribution in [3.63, 3.8) is 0 Å². The van der Waals surface area contributed by atoms with Gasteiger partial charge in [0.1, 0.15) is 6.04 Å². The highest BCUT2D eigenvalue weighted by atomic mass is 32.2. The second-order valence-electron chi connectivity index (χ2n) is 9.57. The highest BCUT2D eigenvalue weighted by Gasteiger charge is 2.59. The van der Waals surface area contributed by atoms with Gasteiger partial charge in [-0.25, -0.2) is 18.0 Å². The average molecular weight is 519 g/mol. The summed E-state index contributed by atoms with van der Waals surface area (Å²) in [4.78, 5) is 37.9. The summed E-state index contributed by atoms with van der Waals surface area (Å²) in [6, 6.07) is 6.24. The van der Waals surface area contributed by atoms with Crippen LogP contribution >= 0.6 is 0 Å². The Bertz CT molecular complexity index is 1150. The normalized spacial score (nSPS) is 21.6. The molecule has 0 radical (unpaired) electrons. The van der Waals surface area contributed by atoms with Crippen LogP contribution in [0.15, 0.2) is 67.0 Å². The summed E-state index contributed by atoms with van der Waals surface area (Å²) in [5.41, 5.74) is 6.85. The van der Waals surface area contributed by atoms with Gasteiger partial charge in [0, 0.05) is 12.3 Å². The lowest BCUT2D eigenvalue weighted by molar-refractivity contribution is -0.142. The molecular weight excluding hydrogens is 484 g/mol. The highest BCUT2D eigenvalue weighted by Crippen LogP contribution is 2.42. The first-order chi connectivity index (χ1) is 16.8. The van der Waals surface area contributed by atoms with Crippen molar-refractivity contribution in [3.05, 3.63) is 72.5 Å². The van der Waals surface area contributed by atoms with Crippen LogP contribution in [-0.2, 0) is 35.4 Å². The number of benzene rings is 1. The van der Waals surface area contributed by atoms with Crippen LogP contribution in [0.25, 0.3) is 0 Å². The third kappa shape index (κ3) is 6.11. The predicted octanol–water partition coefficient (Wildman–Crippen LogP) is 2.29. The van der Waals surface area contributed by atoms with Gasteiger partial charge >= 0.3 is 11.9 Å². The van der Waals surface area contributed by atoms with Crippen molar-refractivity contribution in [2.75, 3.05) is 0 Å². The van der Waals surface area contributed by atoms with Crippen LogP contribution in [-0.4, -0.2) is 52.9 Å². The third-order valence-electron chi connectivity index (χ3n) is 5.97. The van der Waals surface area contributed by atoms with Crippen molar-refractivity contribution in [2.45, 2.75) is 62.1 Å². The predicted molar refractivity (Wildman–Crippen MR) is 136 cm³/mol. The summed E-state index contributed by atoms with van der Waals surface area (Å²) < 4.78 is 29.1. The minimum Gasteiger partial charge on any atom is -0.480 e. The zero-order chi connectivity index (χ0) is 27.1. The van der Waals surface area contributed by atoms with Crippen LogP contribution in [0.3, 0.4) is 0 Å². The van der Waals surface area contributed by atoms with E-state index in [2.05, 4.69) is 5.32 Å². The Morgan fingerprint density at radius 1 is 1.19 bits per heavy atom. The van der Waals surface area contributed by atoms with E-state index < -0.39 is 55.2 Å². The maximum atomic E-state index is 13.7. The van der Waals surface area contributed by atoms with Crippen LogP contribution < -0.4 is 11.1 Å². The molecule has 0 spiro atoms. The zero-order valence-corrected chi connectivity index (χ0v) is 21.7. The van der Waals surface area contributed by atoms with Gasteiger partial charge in [-0.05, 0) is 39.7 Å². The number of carbonyl (C=O) groups is 3. The van der Waals surface area contributed by atoms with Crippen molar-refractivity contribution >= 4 is 27.7 Å². The second-order valence-corrected chi connectivity index (χ2v) is 12.5. The number of hydrogen-bond acceptors (Lipinski definition) is 7. The number of hydrogen-bond donors (Lipinski definition) is 3. The fourth-order valence-corrected chi connectivity index (χ4v) is 6.08. The Hall–Kier alpha value is -3.24. The molecule has 10 heteroatoms. The molecule has 36 heavy (non-hydrogen) atoms. The van der Waals surface area contributed by atoms with Crippen molar-refractivity contribution in [1.82, 2.24) is 5.32 Å². The smallest absolute Gasteiger partial charge is 0.336 e. The minimum absolute atomic E-state index is 0.0404. The molecule has 196 valence electrons. The van der Waals surface area contributed by atoms with Crippen molar-refractivity contribution in [1.29, 1.82) is 0 Å². The summed E-state index contributed by atoms with van der Waals surface area (Å²) in [6.45, 7) is 6.04. The molecular formula is C26H34N2O7S. The topological polar surface area (TPSA) is 153 Å². The first kappa shape index (κ1) is 29.0. The quantitative estimate of drug-likeness (QED) is 0.315. The molecule has 1 aliphatic carbocycles. The molecule has 1 aliphatic rings. The molecule has 0 heterocycles. The number of ether oxygens (including phenoxy) is 1. The minimum atomic E-state index is -4.22. The van der Waals surface area contributed by atoms with E-state index >= 15 is 0 Å². The Morgan fingerprint density at radius 3 is 2.39 bits per heavy atom. The number of carbonyl (C=O) groups excluding carboxylic acids is 2. The molecule has 1 amide bonds. The molecule has 9 nitrogen and oxygen atoms in total. The molecule has 4 N–H and O–H groups in total. The molecule has 0 saturated carbocycles. The van der Waals surface area contributed by atoms with E-state index in [4.69, 9.17) is 10.5 Å². The van der Waals surface area contributed by atoms with Gasteiger partial charge in [0.15, 0.2) is 14.6 Å². The number of allylic oxidation sites excluding steroid dienone is 4. The molecule has 1 aromatic carbocycles. The van der Waals surface area contributed by atoms with E-state index in [0.717, 1.165) is 6.26 Å². The summed E-state index contributed by atoms with van der Waals surface area (Å²) >= 11 is 0. The van der Waals surface area contributed by atoms with Gasteiger partial charge in [0.05, 0.1) is 17.1 Å². The zero-order valence-electron chi connectivity index (χ0n) is 20.9. The van der Waals surface area contributed by atoms with Gasteiger partial charge in [0.25, 0.3) is 0 Å². The molecule has 0 saturated heterocycles.